The molecule has 1 aliphatic rings. The number of nitro benzene ring substituents is 1. The van der Waals surface area contributed by atoms with E-state index in [2.05, 4.69) is 10.6 Å². The number of benzene rings is 2. The zero-order chi connectivity index (χ0) is 23.3. The Kier molecular flexibility index (Phi) is 6.89. The number of para-hydroxylation sites is 1. The number of nitrogens with zero attached hydrogens (tertiary/aromatic N) is 1. The lowest BCUT2D eigenvalue weighted by Gasteiger charge is -2.25. The van der Waals surface area contributed by atoms with Crippen LogP contribution in [0.4, 0.5) is 5.69 Å². The molecule has 9 heteroatoms. The van der Waals surface area contributed by atoms with Gasteiger partial charge in [0.25, 0.3) is 11.6 Å². The van der Waals surface area contributed by atoms with Gasteiger partial charge in [0.05, 0.1) is 22.6 Å². The molecule has 1 heterocycles. The summed E-state index contributed by atoms with van der Waals surface area (Å²) in [6, 6.07) is 12.3. The number of nitrogens with one attached hydrogen (secondary N) is 2. The van der Waals surface area contributed by atoms with Crippen molar-refractivity contribution in [2.24, 2.45) is 0 Å². The summed E-state index contributed by atoms with van der Waals surface area (Å²) >= 11 is 0. The average molecular weight is 437 g/mol. The maximum Gasteiger partial charge on any atom is 0.336 e. The van der Waals surface area contributed by atoms with E-state index >= 15 is 0 Å². The number of carbonyl (C=O) groups excluding carboxylic acids is 2. The number of allylic oxidation sites excluding steroid dienone is 3. The number of rotatable bonds is 7. The molecule has 0 aromatic heterocycles. The lowest BCUT2D eigenvalue weighted by Crippen LogP contribution is -2.30. The average Bonchev–Trinajstić information content (AvgIpc) is 2.76. The van der Waals surface area contributed by atoms with Gasteiger partial charge in [0.15, 0.2) is 0 Å². The minimum absolute atomic E-state index is 0.0506. The first-order chi connectivity index (χ1) is 15.3. The number of nitro groups is 1. The fraction of sp³-hybridized carbons (Fsp3) is 0.217. The molecule has 32 heavy (non-hydrogen) atoms. The smallest absolute Gasteiger partial charge is 0.336 e. The van der Waals surface area contributed by atoms with Gasteiger partial charge in [0.2, 0.25) is 0 Å². The topological polar surface area (TPSA) is 131 Å². The molecule has 3 N–H and O–H groups in total. The summed E-state index contributed by atoms with van der Waals surface area (Å²) in [5.74, 6) is -1.73. The van der Waals surface area contributed by atoms with E-state index in [-0.39, 0.29) is 30.2 Å². The Morgan fingerprint density at radius 1 is 1.19 bits per heavy atom. The number of hydrogen-bond acceptors (Lipinski definition) is 7. The number of amides is 1. The number of hydrogen-bond donors (Lipinski definition) is 3. The molecule has 0 fully saturated rings. The fourth-order valence-corrected chi connectivity index (χ4v) is 3.49. The largest absolute Gasteiger partial charge is 0.507 e. The molecule has 0 bridgehead atoms. The van der Waals surface area contributed by atoms with Gasteiger partial charge in [0.1, 0.15) is 12.4 Å². The standard InChI is InChI=1S/C23H23N3O6/c1-14-12-19(16-6-5-7-17(13-16)26(30)31)21(15(2)25-14)23(29)32-11-10-24-22(28)18-8-3-4-9-20(18)27/h3-9,12-13,19,25,27H,10-11H2,1-2H3,(H,24,28). The van der Waals surface area contributed by atoms with Gasteiger partial charge >= 0.3 is 5.97 Å². The van der Waals surface area contributed by atoms with Crippen molar-refractivity contribution in [2.75, 3.05) is 13.2 Å². The number of carbonyl (C=O) groups is 2. The second-order valence-electron chi connectivity index (χ2n) is 7.25. The predicted molar refractivity (Wildman–Crippen MR) is 117 cm³/mol. The zero-order valence-corrected chi connectivity index (χ0v) is 17.6. The summed E-state index contributed by atoms with van der Waals surface area (Å²) < 4.78 is 5.36. The maximum atomic E-state index is 12.9. The van der Waals surface area contributed by atoms with Gasteiger partial charge in [-0.25, -0.2) is 4.79 Å². The summed E-state index contributed by atoms with van der Waals surface area (Å²) in [6.07, 6.45) is 1.81. The number of phenols is 1. The highest BCUT2D eigenvalue weighted by Gasteiger charge is 2.29. The minimum Gasteiger partial charge on any atom is -0.507 e. The van der Waals surface area contributed by atoms with Gasteiger partial charge in [-0.3, -0.25) is 14.9 Å². The fourth-order valence-electron chi connectivity index (χ4n) is 3.49. The van der Waals surface area contributed by atoms with E-state index in [0.717, 1.165) is 5.70 Å². The van der Waals surface area contributed by atoms with E-state index in [0.29, 0.717) is 16.8 Å². The molecule has 0 saturated heterocycles. The number of non-ortho nitro benzene ring substituents is 1. The summed E-state index contributed by atoms with van der Waals surface area (Å²) in [5.41, 5.74) is 2.39. The number of phenolic OH excluding ortho intramolecular Hbond substituents is 1. The zero-order valence-electron chi connectivity index (χ0n) is 17.6. The van der Waals surface area contributed by atoms with E-state index in [1.54, 1.807) is 31.2 Å². The molecule has 166 valence electrons. The predicted octanol–water partition coefficient (Wildman–Crippen LogP) is 3.14. The van der Waals surface area contributed by atoms with Gasteiger partial charge in [-0.2, -0.15) is 0 Å². The summed E-state index contributed by atoms with van der Waals surface area (Å²) in [4.78, 5) is 35.7. The third-order valence-corrected chi connectivity index (χ3v) is 4.95. The highest BCUT2D eigenvalue weighted by Crippen LogP contribution is 2.34. The van der Waals surface area contributed by atoms with Crippen LogP contribution in [-0.2, 0) is 9.53 Å². The Hall–Kier alpha value is -4.14. The number of ether oxygens (including phenoxy) is 1. The molecule has 3 rings (SSSR count). The second-order valence-corrected chi connectivity index (χ2v) is 7.25. The van der Waals surface area contributed by atoms with E-state index in [1.165, 1.54) is 24.3 Å². The van der Waals surface area contributed by atoms with Crippen LogP contribution in [0.2, 0.25) is 0 Å². The first-order valence-electron chi connectivity index (χ1n) is 9.92. The molecule has 1 amide bonds. The molecule has 0 spiro atoms. The van der Waals surface area contributed by atoms with Crippen molar-refractivity contribution in [2.45, 2.75) is 19.8 Å². The Balaban J connectivity index is 1.68. The molecule has 9 nitrogen and oxygen atoms in total. The van der Waals surface area contributed by atoms with Crippen LogP contribution in [0, 0.1) is 10.1 Å². The highest BCUT2D eigenvalue weighted by molar-refractivity contribution is 5.96. The van der Waals surface area contributed by atoms with Crippen molar-refractivity contribution < 1.29 is 24.4 Å². The van der Waals surface area contributed by atoms with Crippen molar-refractivity contribution in [1.82, 2.24) is 10.6 Å². The summed E-state index contributed by atoms with van der Waals surface area (Å²) in [6.45, 7) is 3.54. The van der Waals surface area contributed by atoms with E-state index in [1.807, 2.05) is 13.0 Å². The molecule has 0 radical (unpaired) electrons. The van der Waals surface area contributed by atoms with Crippen LogP contribution in [0.15, 0.2) is 71.6 Å². The van der Waals surface area contributed by atoms with E-state index in [4.69, 9.17) is 4.74 Å². The molecule has 0 saturated carbocycles. The van der Waals surface area contributed by atoms with Crippen molar-refractivity contribution in [3.05, 3.63) is 92.8 Å². The van der Waals surface area contributed by atoms with Crippen LogP contribution in [0.5, 0.6) is 5.75 Å². The SMILES string of the molecule is CC1=CC(c2cccc([N+](=O)[O-])c2)C(C(=O)OCCNC(=O)c2ccccc2O)=C(C)N1. The lowest BCUT2D eigenvalue weighted by molar-refractivity contribution is -0.384. The second kappa shape index (κ2) is 9.78. The van der Waals surface area contributed by atoms with Crippen LogP contribution in [-0.4, -0.2) is 35.1 Å². The van der Waals surface area contributed by atoms with Crippen LogP contribution in [0.3, 0.4) is 0 Å². The number of esters is 1. The molecule has 0 aliphatic carbocycles. The minimum atomic E-state index is -0.591. The molecule has 1 aliphatic heterocycles. The molecular formula is C23H23N3O6. The Bertz CT molecular complexity index is 1120. The van der Waals surface area contributed by atoms with E-state index in [9.17, 15) is 24.8 Å². The Morgan fingerprint density at radius 3 is 2.66 bits per heavy atom. The van der Waals surface area contributed by atoms with Gasteiger partial charge < -0.3 is 20.5 Å². The number of dihydropyridines is 1. The Labute approximate surface area is 184 Å². The molecule has 1 unspecified atom stereocenters. The van der Waals surface area contributed by atoms with Crippen LogP contribution in [0.25, 0.3) is 0 Å². The van der Waals surface area contributed by atoms with Crippen molar-refractivity contribution >= 4 is 17.6 Å². The van der Waals surface area contributed by atoms with E-state index < -0.39 is 22.7 Å². The Morgan fingerprint density at radius 2 is 1.94 bits per heavy atom. The first-order valence-corrected chi connectivity index (χ1v) is 9.92. The monoisotopic (exact) mass is 437 g/mol. The summed E-state index contributed by atoms with van der Waals surface area (Å²) in [5, 5.41) is 26.6. The van der Waals surface area contributed by atoms with Gasteiger partial charge in [-0.15, -0.1) is 0 Å². The van der Waals surface area contributed by atoms with Crippen LogP contribution >= 0.6 is 0 Å². The van der Waals surface area contributed by atoms with Crippen LogP contribution in [0.1, 0.15) is 35.7 Å². The normalized spacial score (nSPS) is 15.4. The maximum absolute atomic E-state index is 12.9. The van der Waals surface area contributed by atoms with Gasteiger partial charge in [-0.05, 0) is 31.5 Å². The molecule has 1 atom stereocenters. The van der Waals surface area contributed by atoms with Gasteiger partial charge in [0, 0.05) is 29.4 Å². The molecule has 2 aromatic rings. The number of aromatic hydroxyl groups is 1. The first kappa shape index (κ1) is 22.5. The summed E-state index contributed by atoms with van der Waals surface area (Å²) in [7, 11) is 0. The highest BCUT2D eigenvalue weighted by atomic mass is 16.6. The van der Waals surface area contributed by atoms with Gasteiger partial charge in [-0.1, -0.05) is 30.3 Å². The van der Waals surface area contributed by atoms with Crippen molar-refractivity contribution in [3.8, 4) is 5.75 Å². The lowest BCUT2D eigenvalue weighted by atomic mass is 9.86. The van der Waals surface area contributed by atoms with Crippen molar-refractivity contribution in [1.29, 1.82) is 0 Å². The van der Waals surface area contributed by atoms with Crippen molar-refractivity contribution in [3.63, 3.8) is 0 Å². The quantitative estimate of drug-likeness (QED) is 0.262. The molecule has 2 aromatic carbocycles. The molecular weight excluding hydrogens is 414 g/mol. The third-order valence-electron chi connectivity index (χ3n) is 4.95. The van der Waals surface area contributed by atoms with Crippen LogP contribution < -0.4 is 10.6 Å². The third kappa shape index (κ3) is 5.12.